The topological polar surface area (TPSA) is 26.8 Å². The van der Waals surface area contributed by atoms with E-state index < -0.39 is 0 Å². The Morgan fingerprint density at radius 1 is 1.00 bits per heavy atom. The van der Waals surface area contributed by atoms with Crippen LogP contribution in [0.15, 0.2) is 59.1 Å². The average molecular weight is 511 g/mol. The van der Waals surface area contributed by atoms with E-state index in [4.69, 9.17) is 0 Å². The number of carbonyl (C=O) groups is 1. The zero-order chi connectivity index (χ0) is 23.1. The molecule has 1 aliphatic heterocycles. The van der Waals surface area contributed by atoms with Gasteiger partial charge < -0.3 is 9.80 Å². The number of urea groups is 1. The second-order valence-corrected chi connectivity index (χ2v) is 11.6. The van der Waals surface area contributed by atoms with Gasteiger partial charge in [0, 0.05) is 29.6 Å². The lowest BCUT2D eigenvalue weighted by atomic mass is 9.68. The van der Waals surface area contributed by atoms with E-state index in [1.54, 1.807) is 0 Å². The fraction of sp³-hybridized carbons (Fsp3) is 0.536. The van der Waals surface area contributed by atoms with Crippen molar-refractivity contribution in [1.82, 2.24) is 14.7 Å². The maximum absolute atomic E-state index is 13.7. The number of rotatable bonds is 6. The lowest BCUT2D eigenvalue weighted by Gasteiger charge is -2.51. The normalized spacial score (nSPS) is 28.1. The summed E-state index contributed by atoms with van der Waals surface area (Å²) in [4.78, 5) is 20.6. The molecule has 33 heavy (non-hydrogen) atoms. The highest BCUT2D eigenvalue weighted by Crippen LogP contribution is 2.49. The van der Waals surface area contributed by atoms with Crippen LogP contribution in [0.2, 0.25) is 0 Å². The molecule has 5 heteroatoms. The van der Waals surface area contributed by atoms with Crippen molar-refractivity contribution in [3.05, 3.63) is 70.2 Å². The van der Waals surface area contributed by atoms with Gasteiger partial charge in [0.15, 0.2) is 0 Å². The first-order valence-corrected chi connectivity index (χ1v) is 13.3. The number of halogens is 1. The first-order valence-electron chi connectivity index (χ1n) is 12.5. The average Bonchev–Trinajstić information content (AvgIpc) is 3.02. The first kappa shape index (κ1) is 22.9. The molecule has 3 fully saturated rings. The zero-order valence-corrected chi connectivity index (χ0v) is 21.6. The molecule has 2 saturated carbocycles. The van der Waals surface area contributed by atoms with Crippen LogP contribution < -0.4 is 0 Å². The molecule has 176 valence electrons. The molecule has 2 amide bonds. The van der Waals surface area contributed by atoms with Gasteiger partial charge in [-0.1, -0.05) is 64.8 Å². The summed E-state index contributed by atoms with van der Waals surface area (Å²) in [7, 11) is 4.44. The molecule has 0 radical (unpaired) electrons. The van der Waals surface area contributed by atoms with E-state index in [0.29, 0.717) is 12.5 Å². The van der Waals surface area contributed by atoms with Crippen molar-refractivity contribution in [2.75, 3.05) is 27.2 Å². The summed E-state index contributed by atoms with van der Waals surface area (Å²) in [5, 5.41) is 0. The molecule has 0 aromatic heterocycles. The summed E-state index contributed by atoms with van der Waals surface area (Å²) < 4.78 is 1.07. The third kappa shape index (κ3) is 4.23. The number of hydrogen-bond donors (Lipinski definition) is 0. The van der Waals surface area contributed by atoms with Crippen LogP contribution in [0, 0.1) is 5.92 Å². The summed E-state index contributed by atoms with van der Waals surface area (Å²) in [6.45, 7) is 2.48. The van der Waals surface area contributed by atoms with E-state index in [9.17, 15) is 4.79 Å². The molecule has 0 N–H and O–H groups in total. The smallest absolute Gasteiger partial charge is 0.318 e. The van der Waals surface area contributed by atoms with Crippen molar-refractivity contribution in [2.24, 2.45) is 5.92 Å². The molecule has 0 atom stereocenters. The van der Waals surface area contributed by atoms with Crippen LogP contribution in [-0.2, 0) is 12.1 Å². The van der Waals surface area contributed by atoms with Gasteiger partial charge >= 0.3 is 6.03 Å². The Hall–Kier alpha value is -1.85. The van der Waals surface area contributed by atoms with E-state index in [1.165, 1.54) is 30.4 Å². The predicted octanol–water partition coefficient (Wildman–Crippen LogP) is 6.26. The van der Waals surface area contributed by atoms with Gasteiger partial charge in [0.2, 0.25) is 0 Å². The number of benzene rings is 2. The predicted molar refractivity (Wildman–Crippen MR) is 137 cm³/mol. The Balaban J connectivity index is 1.40. The fourth-order valence-electron chi connectivity index (χ4n) is 6.37. The quantitative estimate of drug-likeness (QED) is 0.459. The molecule has 1 saturated heterocycles. The Morgan fingerprint density at radius 3 is 2.33 bits per heavy atom. The maximum Gasteiger partial charge on any atom is 0.320 e. The molecule has 0 unspecified atom stereocenters. The van der Waals surface area contributed by atoms with Gasteiger partial charge in [-0.3, -0.25) is 4.90 Å². The van der Waals surface area contributed by atoms with Gasteiger partial charge in [-0.15, -0.1) is 0 Å². The van der Waals surface area contributed by atoms with Crippen molar-refractivity contribution in [3.8, 4) is 0 Å². The van der Waals surface area contributed by atoms with Crippen LogP contribution in [0.4, 0.5) is 4.79 Å². The summed E-state index contributed by atoms with van der Waals surface area (Å²) >= 11 is 3.59. The van der Waals surface area contributed by atoms with Crippen LogP contribution in [0.5, 0.6) is 0 Å². The van der Waals surface area contributed by atoms with Gasteiger partial charge in [0.05, 0.1) is 5.54 Å². The third-order valence-electron chi connectivity index (χ3n) is 8.66. The highest BCUT2D eigenvalue weighted by atomic mass is 79.9. The number of nitrogens with zero attached hydrogens (tertiary/aromatic N) is 3. The molecule has 2 aliphatic carbocycles. The van der Waals surface area contributed by atoms with Crippen molar-refractivity contribution in [1.29, 1.82) is 0 Å². The van der Waals surface area contributed by atoms with E-state index in [0.717, 1.165) is 43.2 Å². The molecule has 1 spiro atoms. The summed E-state index contributed by atoms with van der Waals surface area (Å²) in [6.07, 6.45) is 8.17. The highest BCUT2D eigenvalue weighted by molar-refractivity contribution is 9.10. The minimum atomic E-state index is -0.0347. The van der Waals surface area contributed by atoms with Crippen LogP contribution in [-0.4, -0.2) is 53.5 Å². The second kappa shape index (κ2) is 9.07. The Bertz CT molecular complexity index is 980. The van der Waals surface area contributed by atoms with Gasteiger partial charge in [0.25, 0.3) is 0 Å². The highest BCUT2D eigenvalue weighted by Gasteiger charge is 2.54. The van der Waals surface area contributed by atoms with E-state index in [2.05, 4.69) is 93.3 Å². The first-order chi connectivity index (χ1) is 15.9. The van der Waals surface area contributed by atoms with Crippen molar-refractivity contribution >= 4 is 22.0 Å². The largest absolute Gasteiger partial charge is 0.320 e. The molecular formula is C28H36BrN3O. The lowest BCUT2D eigenvalue weighted by Crippen LogP contribution is -2.56. The summed E-state index contributed by atoms with van der Waals surface area (Å²) in [5.74, 6) is 0.686. The number of amides is 2. The number of carbonyl (C=O) groups excluding carboxylic acids is 1. The SMILES string of the molecule is CN(C)[C@]1(c2ccccc2)CC[C@]2(CC1)CN(Cc1cccc(Br)c1)C(=O)N2CC1CCC1. The lowest BCUT2D eigenvalue weighted by molar-refractivity contribution is 0.0159. The van der Waals surface area contributed by atoms with Gasteiger partial charge in [-0.25, -0.2) is 4.79 Å². The van der Waals surface area contributed by atoms with Crippen LogP contribution in [0.3, 0.4) is 0 Å². The zero-order valence-electron chi connectivity index (χ0n) is 20.0. The molecule has 0 bridgehead atoms. The second-order valence-electron chi connectivity index (χ2n) is 10.7. The van der Waals surface area contributed by atoms with Crippen LogP contribution in [0.25, 0.3) is 0 Å². The van der Waals surface area contributed by atoms with Crippen molar-refractivity contribution in [3.63, 3.8) is 0 Å². The van der Waals surface area contributed by atoms with Crippen LogP contribution >= 0.6 is 15.9 Å². The molecule has 3 aliphatic rings. The van der Waals surface area contributed by atoms with Crippen molar-refractivity contribution in [2.45, 2.75) is 62.6 Å². The molecule has 5 rings (SSSR count). The van der Waals surface area contributed by atoms with Crippen LogP contribution in [0.1, 0.15) is 56.1 Å². The van der Waals surface area contributed by atoms with E-state index in [-0.39, 0.29) is 17.1 Å². The summed E-state index contributed by atoms with van der Waals surface area (Å²) in [5.41, 5.74) is 2.62. The molecule has 4 nitrogen and oxygen atoms in total. The molecular weight excluding hydrogens is 474 g/mol. The molecule has 2 aromatic carbocycles. The van der Waals surface area contributed by atoms with Gasteiger partial charge in [-0.2, -0.15) is 0 Å². The maximum atomic E-state index is 13.7. The summed E-state index contributed by atoms with van der Waals surface area (Å²) in [6, 6.07) is 19.6. The molecule has 1 heterocycles. The van der Waals surface area contributed by atoms with Gasteiger partial charge in [-0.05, 0) is 81.8 Å². The fourth-order valence-corrected chi connectivity index (χ4v) is 6.81. The monoisotopic (exact) mass is 509 g/mol. The number of hydrogen-bond acceptors (Lipinski definition) is 2. The van der Waals surface area contributed by atoms with E-state index >= 15 is 0 Å². The van der Waals surface area contributed by atoms with E-state index in [1.807, 2.05) is 6.07 Å². The Morgan fingerprint density at radius 2 is 1.73 bits per heavy atom. The minimum Gasteiger partial charge on any atom is -0.318 e. The Labute approximate surface area is 207 Å². The third-order valence-corrected chi connectivity index (χ3v) is 9.16. The Kier molecular flexibility index (Phi) is 6.30. The van der Waals surface area contributed by atoms with Crippen molar-refractivity contribution < 1.29 is 4.79 Å². The van der Waals surface area contributed by atoms with Gasteiger partial charge in [0.1, 0.15) is 0 Å². The standard InChI is InChI=1S/C28H36BrN3O/c1-30(2)28(24-11-4-3-5-12-24)16-14-27(15-17-28)21-31(19-23-10-7-13-25(29)18-23)26(33)32(27)20-22-8-6-9-22/h3-5,7,10-13,18,22H,6,8-9,14-17,19-21H2,1-2H3/t27-,28+. The molecule has 2 aromatic rings. The minimum absolute atomic E-state index is 0.0347.